The molecule has 3 heterocycles. The molecule has 1 aliphatic heterocycles. The van der Waals surface area contributed by atoms with Crippen LogP contribution in [0, 0.1) is 0 Å². The number of aromatic nitrogens is 2. The van der Waals surface area contributed by atoms with Gasteiger partial charge in [-0.05, 0) is 31.5 Å². The van der Waals surface area contributed by atoms with Gasteiger partial charge in [0.1, 0.15) is 12.4 Å². The zero-order valence-electron chi connectivity index (χ0n) is 14.2. The minimum Gasteiger partial charge on any atom is -0.467 e. The Morgan fingerprint density at radius 2 is 2.33 bits per heavy atom. The predicted molar refractivity (Wildman–Crippen MR) is 86.3 cm³/mol. The third kappa shape index (κ3) is 4.23. The van der Waals surface area contributed by atoms with Crippen molar-refractivity contribution in [3.05, 3.63) is 35.9 Å². The van der Waals surface area contributed by atoms with Crippen molar-refractivity contribution >= 4 is 0 Å². The van der Waals surface area contributed by atoms with Crippen LogP contribution in [0.2, 0.25) is 0 Å². The molecule has 132 valence electrons. The highest BCUT2D eigenvalue weighted by Gasteiger charge is 2.31. The molecule has 0 unspecified atom stereocenters. The third-order valence-electron chi connectivity index (χ3n) is 4.19. The van der Waals surface area contributed by atoms with E-state index in [-0.39, 0.29) is 18.6 Å². The Bertz CT molecular complexity index is 611. The average Bonchev–Trinajstić information content (AvgIpc) is 3.28. The van der Waals surface area contributed by atoms with E-state index in [1.54, 1.807) is 6.26 Å². The molecule has 0 saturated carbocycles. The molecule has 2 aromatic rings. The van der Waals surface area contributed by atoms with Crippen molar-refractivity contribution < 1.29 is 18.8 Å². The first-order chi connectivity index (χ1) is 11.6. The lowest BCUT2D eigenvalue weighted by Crippen LogP contribution is -2.35. The van der Waals surface area contributed by atoms with Gasteiger partial charge in [-0.2, -0.15) is 4.98 Å². The first-order valence-corrected chi connectivity index (χ1v) is 8.49. The summed E-state index contributed by atoms with van der Waals surface area (Å²) in [4.78, 5) is 6.70. The Kier molecular flexibility index (Phi) is 5.65. The lowest BCUT2D eigenvalue weighted by Gasteiger charge is -2.24. The van der Waals surface area contributed by atoms with Gasteiger partial charge in [-0.25, -0.2) is 0 Å². The molecule has 1 fully saturated rings. The second-order valence-corrected chi connectivity index (χ2v) is 6.55. The number of likely N-dealkylation sites (tertiary alicyclic amines) is 1. The van der Waals surface area contributed by atoms with E-state index in [2.05, 4.69) is 15.0 Å². The van der Waals surface area contributed by atoms with E-state index in [9.17, 15) is 5.11 Å². The van der Waals surface area contributed by atoms with Crippen molar-refractivity contribution in [3.63, 3.8) is 0 Å². The molecule has 24 heavy (non-hydrogen) atoms. The van der Waals surface area contributed by atoms with Gasteiger partial charge in [-0.3, -0.25) is 4.90 Å². The third-order valence-corrected chi connectivity index (χ3v) is 4.19. The number of aliphatic hydroxyl groups excluding tert-OH is 1. The minimum absolute atomic E-state index is 0.112. The maximum atomic E-state index is 10.2. The number of β-amino-alcohol motifs (C(OH)–C–C–N with tert-alkyl or cyclic N) is 1. The highest BCUT2D eigenvalue weighted by molar-refractivity contribution is 5.00. The van der Waals surface area contributed by atoms with Gasteiger partial charge in [0.25, 0.3) is 0 Å². The summed E-state index contributed by atoms with van der Waals surface area (Å²) in [6.45, 7) is 6.16. The van der Waals surface area contributed by atoms with Gasteiger partial charge in [0.2, 0.25) is 5.89 Å². The fourth-order valence-corrected chi connectivity index (χ4v) is 2.97. The Labute approximate surface area is 141 Å². The second kappa shape index (κ2) is 7.92. The van der Waals surface area contributed by atoms with Crippen molar-refractivity contribution in [2.24, 2.45) is 0 Å². The van der Waals surface area contributed by atoms with Crippen molar-refractivity contribution in [2.45, 2.75) is 51.4 Å². The van der Waals surface area contributed by atoms with Crippen LogP contribution >= 0.6 is 0 Å². The average molecular weight is 335 g/mol. The molecule has 2 atom stereocenters. The molecule has 0 bridgehead atoms. The summed E-state index contributed by atoms with van der Waals surface area (Å²) in [6, 6.07) is 3.78. The number of nitrogens with zero attached hydrogens (tertiary/aromatic N) is 3. The number of hydrogen-bond acceptors (Lipinski definition) is 7. The van der Waals surface area contributed by atoms with Crippen molar-refractivity contribution in [1.29, 1.82) is 0 Å². The molecule has 0 aliphatic carbocycles. The molecule has 0 spiro atoms. The largest absolute Gasteiger partial charge is 0.467 e. The van der Waals surface area contributed by atoms with Gasteiger partial charge in [0.05, 0.1) is 25.0 Å². The topological polar surface area (TPSA) is 84.8 Å². The van der Waals surface area contributed by atoms with Gasteiger partial charge in [0.15, 0.2) is 5.82 Å². The van der Waals surface area contributed by atoms with Gasteiger partial charge in [-0.15, -0.1) is 0 Å². The summed E-state index contributed by atoms with van der Waals surface area (Å²) in [5.74, 6) is 2.37. The fraction of sp³-hybridized carbons (Fsp3) is 0.647. The van der Waals surface area contributed by atoms with Crippen LogP contribution in [0.3, 0.4) is 0 Å². The summed E-state index contributed by atoms with van der Waals surface area (Å²) < 4.78 is 16.0. The predicted octanol–water partition coefficient (Wildman–Crippen LogP) is 2.50. The maximum absolute atomic E-state index is 10.2. The Morgan fingerprint density at radius 1 is 1.46 bits per heavy atom. The van der Waals surface area contributed by atoms with Crippen LogP contribution in [0.4, 0.5) is 0 Å². The molecule has 0 amide bonds. The quantitative estimate of drug-likeness (QED) is 0.793. The number of furan rings is 1. The smallest absolute Gasteiger partial charge is 0.229 e. The van der Waals surface area contributed by atoms with E-state index in [1.807, 2.05) is 26.0 Å². The molecule has 7 heteroatoms. The number of aliphatic hydroxyl groups is 1. The summed E-state index contributed by atoms with van der Waals surface area (Å²) in [5, 5.41) is 14.4. The van der Waals surface area contributed by atoms with Crippen LogP contribution in [0.5, 0.6) is 0 Å². The summed E-state index contributed by atoms with van der Waals surface area (Å²) >= 11 is 0. The lowest BCUT2D eigenvalue weighted by atomic mass is 10.2. The molecule has 2 aromatic heterocycles. The van der Waals surface area contributed by atoms with Crippen molar-refractivity contribution in [3.8, 4) is 0 Å². The lowest BCUT2D eigenvalue weighted by molar-refractivity contribution is 0.00252. The van der Waals surface area contributed by atoms with Crippen LogP contribution < -0.4 is 0 Å². The van der Waals surface area contributed by atoms with Crippen molar-refractivity contribution in [2.75, 3.05) is 19.7 Å². The summed E-state index contributed by atoms with van der Waals surface area (Å²) in [5.41, 5.74) is 0. The highest BCUT2D eigenvalue weighted by Crippen LogP contribution is 2.30. The summed E-state index contributed by atoms with van der Waals surface area (Å²) in [7, 11) is 0. The van der Waals surface area contributed by atoms with E-state index in [0.717, 1.165) is 31.0 Å². The van der Waals surface area contributed by atoms with E-state index in [4.69, 9.17) is 13.7 Å². The molecule has 1 saturated heterocycles. The van der Waals surface area contributed by atoms with E-state index in [1.165, 1.54) is 0 Å². The number of hydrogen-bond donors (Lipinski definition) is 1. The second-order valence-electron chi connectivity index (χ2n) is 6.55. The van der Waals surface area contributed by atoms with Gasteiger partial charge < -0.3 is 18.8 Å². The first kappa shape index (κ1) is 17.1. The van der Waals surface area contributed by atoms with Crippen LogP contribution in [-0.4, -0.2) is 45.9 Å². The van der Waals surface area contributed by atoms with Gasteiger partial charge >= 0.3 is 0 Å². The van der Waals surface area contributed by atoms with Crippen LogP contribution in [0.1, 0.15) is 56.1 Å². The van der Waals surface area contributed by atoms with Crippen LogP contribution in [0.15, 0.2) is 27.3 Å². The van der Waals surface area contributed by atoms with E-state index >= 15 is 0 Å². The molecule has 7 nitrogen and oxygen atoms in total. The Hall–Kier alpha value is -1.70. The zero-order valence-corrected chi connectivity index (χ0v) is 14.2. The molecule has 1 N–H and O–H groups in total. The van der Waals surface area contributed by atoms with Crippen LogP contribution in [0.25, 0.3) is 0 Å². The molecular formula is C17H25N3O4. The highest BCUT2D eigenvalue weighted by atomic mass is 16.5. The first-order valence-electron chi connectivity index (χ1n) is 8.49. The van der Waals surface area contributed by atoms with Crippen molar-refractivity contribution in [1.82, 2.24) is 15.0 Å². The summed E-state index contributed by atoms with van der Waals surface area (Å²) in [6.07, 6.45) is 3.10. The normalized spacial score (nSPS) is 20.1. The standard InChI is InChI=1S/C17H25N3O4/c1-12(2)17-18-16(19-24-17)15-6-3-7-20(15)9-13(21)10-22-11-14-5-4-8-23-14/h4-5,8,12-13,15,21H,3,6-7,9-11H2,1-2H3/t13-,15-/m0/s1. The molecule has 0 aromatic carbocycles. The molecule has 0 radical (unpaired) electrons. The van der Waals surface area contributed by atoms with E-state index in [0.29, 0.717) is 19.0 Å². The fourth-order valence-electron chi connectivity index (χ4n) is 2.97. The molecule has 1 aliphatic rings. The molecule has 3 rings (SSSR count). The number of rotatable bonds is 8. The Morgan fingerprint density at radius 3 is 3.04 bits per heavy atom. The number of ether oxygens (including phenoxy) is 1. The minimum atomic E-state index is -0.558. The molecular weight excluding hydrogens is 310 g/mol. The SMILES string of the molecule is CC(C)c1nc([C@@H]2CCCN2C[C@H](O)COCc2ccco2)no1. The zero-order chi connectivity index (χ0) is 16.9. The van der Waals surface area contributed by atoms with Crippen LogP contribution in [-0.2, 0) is 11.3 Å². The monoisotopic (exact) mass is 335 g/mol. The Balaban J connectivity index is 1.49. The van der Waals surface area contributed by atoms with Gasteiger partial charge in [-0.1, -0.05) is 19.0 Å². The van der Waals surface area contributed by atoms with E-state index < -0.39 is 6.10 Å². The maximum Gasteiger partial charge on any atom is 0.229 e. The van der Waals surface area contributed by atoms with Gasteiger partial charge in [0, 0.05) is 12.5 Å².